The molecule has 1 aliphatic rings. The first kappa shape index (κ1) is 18.2. The lowest BCUT2D eigenvalue weighted by Gasteiger charge is -2.33. The Hall–Kier alpha value is -2.18. The van der Waals surface area contributed by atoms with Crippen molar-refractivity contribution in [1.82, 2.24) is 10.2 Å². The number of nitrogens with zero attached hydrogens (tertiary/aromatic N) is 1. The molecule has 0 saturated carbocycles. The first-order valence-electron chi connectivity index (χ1n) is 8.15. The first-order chi connectivity index (χ1) is 11.4. The summed E-state index contributed by atoms with van der Waals surface area (Å²) in [7, 11) is 0. The van der Waals surface area contributed by atoms with Crippen LogP contribution >= 0.6 is 0 Å². The van der Waals surface area contributed by atoms with Crippen LogP contribution in [0.3, 0.4) is 0 Å². The second-order valence-electron chi connectivity index (χ2n) is 6.41. The minimum absolute atomic E-state index is 0.0154. The second-order valence-corrected chi connectivity index (χ2v) is 6.41. The van der Waals surface area contributed by atoms with Crippen LogP contribution in [0.4, 0.5) is 19.3 Å². The molecule has 1 aromatic carbocycles. The molecule has 7 heteroatoms. The molecular weight excluding hydrogens is 316 g/mol. The molecule has 0 unspecified atom stereocenters. The van der Waals surface area contributed by atoms with Crippen molar-refractivity contribution >= 4 is 17.6 Å². The molecule has 1 aromatic rings. The summed E-state index contributed by atoms with van der Waals surface area (Å²) in [6.45, 7) is 5.18. The average molecular weight is 339 g/mol. The molecule has 1 aliphatic heterocycles. The monoisotopic (exact) mass is 339 g/mol. The van der Waals surface area contributed by atoms with E-state index in [9.17, 15) is 18.4 Å². The summed E-state index contributed by atoms with van der Waals surface area (Å²) in [5.74, 6) is -1.23. The topological polar surface area (TPSA) is 61.4 Å². The van der Waals surface area contributed by atoms with Gasteiger partial charge in [-0.3, -0.25) is 4.79 Å². The molecule has 1 atom stereocenters. The molecule has 0 spiro atoms. The number of carbonyl (C=O) groups is 2. The Morgan fingerprint density at radius 1 is 1.33 bits per heavy atom. The van der Waals surface area contributed by atoms with Gasteiger partial charge in [0.05, 0.1) is 5.69 Å². The Balaban J connectivity index is 1.90. The lowest BCUT2D eigenvalue weighted by Crippen LogP contribution is -2.45. The predicted octanol–water partition coefficient (Wildman–Crippen LogP) is 2.98. The number of nitrogens with one attached hydrogen (secondary N) is 2. The van der Waals surface area contributed by atoms with Crippen LogP contribution in [0.2, 0.25) is 0 Å². The van der Waals surface area contributed by atoms with Gasteiger partial charge in [-0.15, -0.1) is 0 Å². The quantitative estimate of drug-likeness (QED) is 0.886. The molecule has 1 saturated heterocycles. The third kappa shape index (κ3) is 4.91. The Kier molecular flexibility index (Phi) is 6.11. The molecule has 3 amide bonds. The second kappa shape index (κ2) is 8.08. The van der Waals surface area contributed by atoms with Crippen molar-refractivity contribution < 1.29 is 18.4 Å². The minimum Gasteiger partial charge on any atom is -0.356 e. The molecule has 24 heavy (non-hydrogen) atoms. The number of anilines is 1. The molecule has 2 rings (SSSR count). The lowest BCUT2D eigenvalue weighted by molar-refractivity contribution is -0.124. The largest absolute Gasteiger partial charge is 0.356 e. The Morgan fingerprint density at radius 3 is 2.79 bits per heavy atom. The highest BCUT2D eigenvalue weighted by atomic mass is 19.1. The van der Waals surface area contributed by atoms with Crippen molar-refractivity contribution in [1.29, 1.82) is 0 Å². The summed E-state index contributed by atoms with van der Waals surface area (Å²) in [5, 5.41) is 5.28. The van der Waals surface area contributed by atoms with Crippen LogP contribution in [-0.2, 0) is 4.79 Å². The Bertz CT molecular complexity index is 607. The number of rotatable bonds is 4. The SMILES string of the molecule is CC(C)C(=O)NC[C@@H]1CCCN(C(=O)Nc2cc(F)ccc2F)C1. The van der Waals surface area contributed by atoms with Gasteiger partial charge in [-0.25, -0.2) is 13.6 Å². The van der Waals surface area contributed by atoms with Gasteiger partial charge in [-0.2, -0.15) is 0 Å². The normalized spacial score (nSPS) is 17.7. The molecular formula is C17H23F2N3O2. The maximum Gasteiger partial charge on any atom is 0.321 e. The number of halogens is 2. The highest BCUT2D eigenvalue weighted by Crippen LogP contribution is 2.19. The smallest absolute Gasteiger partial charge is 0.321 e. The average Bonchev–Trinajstić information content (AvgIpc) is 2.56. The van der Waals surface area contributed by atoms with Gasteiger partial charge >= 0.3 is 6.03 Å². The van der Waals surface area contributed by atoms with Gasteiger partial charge in [0.25, 0.3) is 0 Å². The van der Waals surface area contributed by atoms with E-state index >= 15 is 0 Å². The van der Waals surface area contributed by atoms with Gasteiger partial charge in [-0.1, -0.05) is 13.8 Å². The molecule has 1 fully saturated rings. The summed E-state index contributed by atoms with van der Waals surface area (Å²) in [6, 6.07) is 2.47. The maximum atomic E-state index is 13.6. The fourth-order valence-electron chi connectivity index (χ4n) is 2.65. The third-order valence-corrected chi connectivity index (χ3v) is 4.07. The van der Waals surface area contributed by atoms with Crippen LogP contribution in [0, 0.1) is 23.5 Å². The van der Waals surface area contributed by atoms with Gasteiger partial charge in [0, 0.05) is 31.6 Å². The van der Waals surface area contributed by atoms with Gasteiger partial charge in [-0.05, 0) is 30.9 Å². The van der Waals surface area contributed by atoms with E-state index in [2.05, 4.69) is 10.6 Å². The van der Waals surface area contributed by atoms with Crippen molar-refractivity contribution in [2.45, 2.75) is 26.7 Å². The number of carbonyl (C=O) groups excluding carboxylic acids is 2. The molecule has 0 aliphatic carbocycles. The van der Waals surface area contributed by atoms with E-state index < -0.39 is 17.7 Å². The molecule has 1 heterocycles. The number of amides is 3. The standard InChI is InChI=1S/C17H23F2N3O2/c1-11(2)16(23)20-9-12-4-3-7-22(10-12)17(24)21-15-8-13(18)5-6-14(15)19/h5-6,8,11-12H,3-4,7,9-10H2,1-2H3,(H,20,23)(H,21,24)/t12-/m0/s1. The van der Waals surface area contributed by atoms with Crippen molar-refractivity contribution in [2.75, 3.05) is 25.0 Å². The zero-order valence-electron chi connectivity index (χ0n) is 13.9. The van der Waals surface area contributed by atoms with Crippen LogP contribution in [0.1, 0.15) is 26.7 Å². The molecule has 0 aromatic heterocycles. The van der Waals surface area contributed by atoms with E-state index in [1.165, 1.54) is 0 Å². The summed E-state index contributed by atoms with van der Waals surface area (Å²) >= 11 is 0. The maximum absolute atomic E-state index is 13.6. The molecule has 132 valence electrons. The number of urea groups is 1. The highest BCUT2D eigenvalue weighted by Gasteiger charge is 2.24. The van der Waals surface area contributed by atoms with E-state index in [1.807, 2.05) is 13.8 Å². The van der Waals surface area contributed by atoms with Gasteiger partial charge in [0.2, 0.25) is 5.91 Å². The predicted molar refractivity (Wildman–Crippen MR) is 87.5 cm³/mol. The first-order valence-corrected chi connectivity index (χ1v) is 8.15. The van der Waals surface area contributed by atoms with Crippen molar-refractivity contribution in [3.05, 3.63) is 29.8 Å². The van der Waals surface area contributed by atoms with Crippen molar-refractivity contribution in [3.63, 3.8) is 0 Å². The highest BCUT2D eigenvalue weighted by molar-refractivity contribution is 5.89. The van der Waals surface area contributed by atoms with Gasteiger partial charge in [0.1, 0.15) is 11.6 Å². The van der Waals surface area contributed by atoms with E-state index in [4.69, 9.17) is 0 Å². The summed E-state index contributed by atoms with van der Waals surface area (Å²) in [6.07, 6.45) is 1.72. The number of piperidine rings is 1. The van der Waals surface area contributed by atoms with Crippen LogP contribution in [0.15, 0.2) is 18.2 Å². The Labute approximate surface area is 140 Å². The van der Waals surface area contributed by atoms with E-state index in [1.54, 1.807) is 4.90 Å². The number of hydrogen-bond acceptors (Lipinski definition) is 2. The zero-order chi connectivity index (χ0) is 17.7. The number of likely N-dealkylation sites (tertiary alicyclic amines) is 1. The van der Waals surface area contributed by atoms with Crippen molar-refractivity contribution in [2.24, 2.45) is 11.8 Å². The minimum atomic E-state index is -0.678. The van der Waals surface area contributed by atoms with Gasteiger partial charge in [0.15, 0.2) is 0 Å². The fourth-order valence-corrected chi connectivity index (χ4v) is 2.65. The third-order valence-electron chi connectivity index (χ3n) is 4.07. The van der Waals surface area contributed by atoms with E-state index in [0.29, 0.717) is 19.6 Å². The molecule has 0 bridgehead atoms. The van der Waals surface area contributed by atoms with Gasteiger partial charge < -0.3 is 15.5 Å². The van der Waals surface area contributed by atoms with Crippen molar-refractivity contribution in [3.8, 4) is 0 Å². The van der Waals surface area contributed by atoms with Crippen LogP contribution in [-0.4, -0.2) is 36.5 Å². The summed E-state index contributed by atoms with van der Waals surface area (Å²) in [4.78, 5) is 25.5. The van der Waals surface area contributed by atoms with Crippen LogP contribution in [0.25, 0.3) is 0 Å². The number of hydrogen-bond donors (Lipinski definition) is 2. The molecule has 0 radical (unpaired) electrons. The molecule has 2 N–H and O–H groups in total. The molecule has 5 nitrogen and oxygen atoms in total. The van der Waals surface area contributed by atoms with Crippen LogP contribution < -0.4 is 10.6 Å². The van der Waals surface area contributed by atoms with E-state index in [-0.39, 0.29) is 23.4 Å². The van der Waals surface area contributed by atoms with Crippen LogP contribution in [0.5, 0.6) is 0 Å². The summed E-state index contributed by atoms with van der Waals surface area (Å²) < 4.78 is 26.8. The van der Waals surface area contributed by atoms with E-state index in [0.717, 1.165) is 31.0 Å². The fraction of sp³-hybridized carbons (Fsp3) is 0.529. The zero-order valence-corrected chi connectivity index (χ0v) is 13.9. The number of benzene rings is 1. The summed E-state index contributed by atoms with van der Waals surface area (Å²) in [5.41, 5.74) is -0.171. The Morgan fingerprint density at radius 2 is 2.08 bits per heavy atom. The lowest BCUT2D eigenvalue weighted by atomic mass is 9.98.